The van der Waals surface area contributed by atoms with Gasteiger partial charge in [0, 0.05) is 30.7 Å². The lowest BCUT2D eigenvalue weighted by Gasteiger charge is -2.09. The van der Waals surface area contributed by atoms with Gasteiger partial charge < -0.3 is 14.7 Å². The van der Waals surface area contributed by atoms with Gasteiger partial charge in [0.1, 0.15) is 18.1 Å². The van der Waals surface area contributed by atoms with Crippen molar-refractivity contribution in [2.24, 2.45) is 7.05 Å². The summed E-state index contributed by atoms with van der Waals surface area (Å²) in [6.45, 7) is 3.42. The van der Waals surface area contributed by atoms with Crippen LogP contribution in [0.3, 0.4) is 0 Å². The Morgan fingerprint density at radius 1 is 0.970 bits per heavy atom. The van der Waals surface area contributed by atoms with Gasteiger partial charge in [0.25, 0.3) is 5.56 Å². The Hall–Kier alpha value is -4.06. The van der Waals surface area contributed by atoms with E-state index in [4.69, 9.17) is 9.72 Å². The molecule has 2 heterocycles. The fourth-order valence-corrected chi connectivity index (χ4v) is 4.05. The van der Waals surface area contributed by atoms with E-state index in [1.54, 1.807) is 11.6 Å². The molecule has 0 saturated carbocycles. The number of ether oxygens (including phenoxy) is 1. The van der Waals surface area contributed by atoms with Crippen LogP contribution in [0.1, 0.15) is 18.9 Å². The SMILES string of the molecule is CCCNn1cc(-c2nc3ccccc3n(C)c2=O)c2cc(OCc3ccccc3)ccc21. The molecule has 166 valence electrons. The van der Waals surface area contributed by atoms with Crippen molar-refractivity contribution >= 4 is 21.9 Å². The maximum atomic E-state index is 13.3. The minimum Gasteiger partial charge on any atom is -0.489 e. The summed E-state index contributed by atoms with van der Waals surface area (Å²) in [6, 6.07) is 23.7. The van der Waals surface area contributed by atoms with Gasteiger partial charge in [-0.05, 0) is 42.3 Å². The molecule has 0 aliphatic carbocycles. The molecular formula is C27H26N4O2. The minimum absolute atomic E-state index is 0.126. The number of hydrogen-bond acceptors (Lipinski definition) is 4. The van der Waals surface area contributed by atoms with Crippen molar-refractivity contribution in [3.05, 3.63) is 94.9 Å². The largest absolute Gasteiger partial charge is 0.489 e. The zero-order valence-electron chi connectivity index (χ0n) is 18.8. The van der Waals surface area contributed by atoms with Gasteiger partial charge in [0.15, 0.2) is 0 Å². The van der Waals surface area contributed by atoms with E-state index in [9.17, 15) is 4.79 Å². The normalized spacial score (nSPS) is 11.2. The lowest BCUT2D eigenvalue weighted by Crippen LogP contribution is -2.20. The van der Waals surface area contributed by atoms with Gasteiger partial charge in [-0.2, -0.15) is 0 Å². The van der Waals surface area contributed by atoms with E-state index in [0.717, 1.165) is 51.8 Å². The molecule has 33 heavy (non-hydrogen) atoms. The summed E-state index contributed by atoms with van der Waals surface area (Å²) in [7, 11) is 1.79. The second kappa shape index (κ2) is 8.82. The summed E-state index contributed by atoms with van der Waals surface area (Å²) in [4.78, 5) is 18.0. The summed E-state index contributed by atoms with van der Waals surface area (Å²) >= 11 is 0. The standard InChI is InChI=1S/C27H26N4O2/c1-3-15-28-31-17-22(26-27(32)30(2)25-12-8-7-11-23(25)29-26)21-16-20(13-14-24(21)31)33-18-19-9-5-4-6-10-19/h4-14,16-17,28H,3,15,18H2,1-2H3. The Bertz CT molecular complexity index is 1490. The van der Waals surface area contributed by atoms with Crippen molar-refractivity contribution < 1.29 is 4.74 Å². The summed E-state index contributed by atoms with van der Waals surface area (Å²) in [5.41, 5.74) is 8.17. The maximum Gasteiger partial charge on any atom is 0.277 e. The fraction of sp³-hybridized carbons (Fsp3) is 0.185. The summed E-state index contributed by atoms with van der Waals surface area (Å²) < 4.78 is 9.71. The van der Waals surface area contributed by atoms with Gasteiger partial charge in [-0.3, -0.25) is 9.47 Å². The van der Waals surface area contributed by atoms with Crippen LogP contribution in [0.25, 0.3) is 33.2 Å². The molecule has 1 N–H and O–H groups in total. The molecule has 0 spiro atoms. The van der Waals surface area contributed by atoms with Gasteiger partial charge in [-0.1, -0.05) is 49.4 Å². The zero-order chi connectivity index (χ0) is 22.8. The molecule has 2 aromatic heterocycles. The predicted molar refractivity (Wildman–Crippen MR) is 133 cm³/mol. The molecule has 0 aliphatic rings. The van der Waals surface area contributed by atoms with E-state index in [-0.39, 0.29) is 5.56 Å². The molecule has 0 bridgehead atoms. The highest BCUT2D eigenvalue weighted by Gasteiger charge is 2.18. The first-order valence-electron chi connectivity index (χ1n) is 11.2. The number of para-hydroxylation sites is 2. The van der Waals surface area contributed by atoms with Gasteiger partial charge in [0.05, 0.1) is 16.6 Å². The summed E-state index contributed by atoms with van der Waals surface area (Å²) in [6.07, 6.45) is 2.95. The highest BCUT2D eigenvalue weighted by atomic mass is 16.5. The molecular weight excluding hydrogens is 412 g/mol. The van der Waals surface area contributed by atoms with Crippen molar-refractivity contribution in [1.29, 1.82) is 0 Å². The quantitative estimate of drug-likeness (QED) is 0.385. The van der Waals surface area contributed by atoms with Crippen LogP contribution in [0.15, 0.2) is 83.8 Å². The van der Waals surface area contributed by atoms with Crippen LogP contribution in [0.4, 0.5) is 0 Å². The highest BCUT2D eigenvalue weighted by molar-refractivity contribution is 5.97. The topological polar surface area (TPSA) is 61.1 Å². The average molecular weight is 439 g/mol. The van der Waals surface area contributed by atoms with Crippen LogP contribution < -0.4 is 15.7 Å². The lowest BCUT2D eigenvalue weighted by molar-refractivity contribution is 0.306. The van der Waals surface area contributed by atoms with Gasteiger partial charge in [-0.25, -0.2) is 4.98 Å². The second-order valence-electron chi connectivity index (χ2n) is 8.09. The number of hydrogen-bond donors (Lipinski definition) is 1. The molecule has 5 aromatic rings. The fourth-order valence-electron chi connectivity index (χ4n) is 4.05. The van der Waals surface area contributed by atoms with Gasteiger partial charge in [-0.15, -0.1) is 0 Å². The molecule has 5 rings (SSSR count). The first-order chi connectivity index (χ1) is 16.2. The van der Waals surface area contributed by atoms with Crippen molar-refractivity contribution in [2.45, 2.75) is 20.0 Å². The van der Waals surface area contributed by atoms with Gasteiger partial charge in [0.2, 0.25) is 0 Å². The monoisotopic (exact) mass is 438 g/mol. The minimum atomic E-state index is -0.126. The molecule has 0 aliphatic heterocycles. The Morgan fingerprint density at radius 2 is 1.76 bits per heavy atom. The lowest BCUT2D eigenvalue weighted by atomic mass is 10.1. The van der Waals surface area contributed by atoms with E-state index in [2.05, 4.69) is 12.3 Å². The van der Waals surface area contributed by atoms with E-state index in [1.165, 1.54) is 0 Å². The molecule has 0 radical (unpaired) electrons. The number of benzene rings is 3. The number of nitrogens with zero attached hydrogens (tertiary/aromatic N) is 3. The molecule has 0 amide bonds. The number of rotatable bonds is 7. The van der Waals surface area contributed by atoms with Crippen molar-refractivity contribution in [3.63, 3.8) is 0 Å². The first-order valence-corrected chi connectivity index (χ1v) is 11.2. The van der Waals surface area contributed by atoms with Crippen LogP contribution in [0, 0.1) is 0 Å². The number of nitrogens with one attached hydrogen (secondary N) is 1. The van der Waals surface area contributed by atoms with Crippen molar-refractivity contribution in [2.75, 3.05) is 12.0 Å². The molecule has 0 saturated heterocycles. The highest BCUT2D eigenvalue weighted by Crippen LogP contribution is 2.31. The number of aromatic nitrogens is 3. The molecule has 3 aromatic carbocycles. The molecule has 6 nitrogen and oxygen atoms in total. The second-order valence-corrected chi connectivity index (χ2v) is 8.09. The third-order valence-corrected chi connectivity index (χ3v) is 5.79. The van der Waals surface area contributed by atoms with E-state index in [0.29, 0.717) is 12.3 Å². The van der Waals surface area contributed by atoms with Crippen molar-refractivity contribution in [1.82, 2.24) is 14.2 Å². The molecule has 0 atom stereocenters. The smallest absolute Gasteiger partial charge is 0.277 e. The van der Waals surface area contributed by atoms with Crippen LogP contribution in [0.5, 0.6) is 5.75 Å². The van der Waals surface area contributed by atoms with E-state index in [1.807, 2.05) is 83.7 Å². The third-order valence-electron chi connectivity index (χ3n) is 5.79. The van der Waals surface area contributed by atoms with Crippen LogP contribution in [-0.2, 0) is 13.7 Å². The van der Waals surface area contributed by atoms with Crippen molar-refractivity contribution in [3.8, 4) is 17.0 Å². The maximum absolute atomic E-state index is 13.3. The Balaban J connectivity index is 1.63. The number of fused-ring (bicyclic) bond motifs is 2. The molecule has 6 heteroatoms. The van der Waals surface area contributed by atoms with Crippen LogP contribution >= 0.6 is 0 Å². The Morgan fingerprint density at radius 3 is 2.58 bits per heavy atom. The van der Waals surface area contributed by atoms with Crippen LogP contribution in [0.2, 0.25) is 0 Å². The zero-order valence-corrected chi connectivity index (χ0v) is 18.8. The Kier molecular flexibility index (Phi) is 5.57. The summed E-state index contributed by atoms with van der Waals surface area (Å²) in [5, 5.41) is 0.920. The third kappa shape index (κ3) is 3.96. The molecule has 0 unspecified atom stereocenters. The van der Waals surface area contributed by atoms with E-state index >= 15 is 0 Å². The van der Waals surface area contributed by atoms with E-state index < -0.39 is 0 Å². The Labute approximate surface area is 192 Å². The average Bonchev–Trinajstić information content (AvgIpc) is 3.22. The molecule has 0 fully saturated rings. The predicted octanol–water partition coefficient (Wildman–Crippen LogP) is 5.09. The first kappa shape index (κ1) is 20.8. The van der Waals surface area contributed by atoms with Crippen LogP contribution in [-0.4, -0.2) is 20.8 Å². The number of aryl methyl sites for hydroxylation is 1. The summed E-state index contributed by atoms with van der Waals surface area (Å²) in [5.74, 6) is 0.749. The van der Waals surface area contributed by atoms with Gasteiger partial charge >= 0.3 is 0 Å².